The van der Waals surface area contributed by atoms with Crippen LogP contribution in [-0.4, -0.2) is 205 Å². The molecule has 3 saturated carbocycles. The highest BCUT2D eigenvalue weighted by Crippen LogP contribution is 2.71. The summed E-state index contributed by atoms with van der Waals surface area (Å²) in [7, 11) is 6.25. The smallest absolute Gasteiger partial charge is 0.331 e. The van der Waals surface area contributed by atoms with E-state index in [9.17, 15) is 35.4 Å². The van der Waals surface area contributed by atoms with E-state index in [1.54, 1.807) is 41.3 Å². The summed E-state index contributed by atoms with van der Waals surface area (Å²) < 4.78 is 81.1. The molecule has 0 radical (unpaired) electrons. The topological polar surface area (TPSA) is 258 Å². The van der Waals surface area contributed by atoms with E-state index in [1.165, 1.54) is 20.1 Å². The van der Waals surface area contributed by atoms with Gasteiger partial charge in [-0.3, -0.25) is 0 Å². The zero-order chi connectivity index (χ0) is 56.3. The number of hydrogen-bond donors (Lipinski definition) is 6. The van der Waals surface area contributed by atoms with Crippen LogP contribution in [0.1, 0.15) is 118 Å². The Balaban J connectivity index is 0.809. The summed E-state index contributed by atoms with van der Waals surface area (Å²) in [6, 6.07) is 9.34. The van der Waals surface area contributed by atoms with E-state index in [0.29, 0.717) is 38.5 Å². The molecular weight excluding hydrogens is 1020 g/mol. The highest BCUT2D eigenvalue weighted by molar-refractivity contribution is 5.87. The molecule has 0 bridgehead atoms. The Kier molecular flexibility index (Phi) is 18.2. The highest BCUT2D eigenvalue weighted by atomic mass is 16.8. The second-order valence-corrected chi connectivity index (χ2v) is 23.9. The zero-order valence-electron chi connectivity index (χ0n) is 47.2. The van der Waals surface area contributed by atoms with Crippen LogP contribution in [0.3, 0.4) is 0 Å². The fourth-order valence-electron chi connectivity index (χ4n) is 15.2. The lowest BCUT2D eigenvalue weighted by Crippen LogP contribution is -2.78. The van der Waals surface area contributed by atoms with Crippen LogP contribution < -0.4 is 0 Å². The fraction of sp³-hybridized carbons (Fsp3) is 0.810. The summed E-state index contributed by atoms with van der Waals surface area (Å²) in [5, 5.41) is 70.8. The van der Waals surface area contributed by atoms with Crippen LogP contribution in [0.5, 0.6) is 0 Å². The number of carbonyl (C=O) groups excluding carboxylic acids is 1. The summed E-state index contributed by atoms with van der Waals surface area (Å²) in [6.45, 7) is 12.6. The lowest BCUT2D eigenvalue weighted by molar-refractivity contribution is -0.356. The van der Waals surface area contributed by atoms with E-state index in [0.717, 1.165) is 11.1 Å². The van der Waals surface area contributed by atoms with Gasteiger partial charge in [0, 0.05) is 59.7 Å². The number of aliphatic hydroxyl groups is 6. The van der Waals surface area contributed by atoms with Crippen molar-refractivity contribution >= 4 is 12.0 Å². The third-order valence-corrected chi connectivity index (χ3v) is 19.8. The van der Waals surface area contributed by atoms with Crippen molar-refractivity contribution in [3.63, 3.8) is 0 Å². The van der Waals surface area contributed by atoms with E-state index in [2.05, 4.69) is 6.92 Å². The maximum absolute atomic E-state index is 13.6. The van der Waals surface area contributed by atoms with E-state index < -0.39 is 156 Å². The maximum Gasteiger partial charge on any atom is 0.331 e. The predicted molar refractivity (Wildman–Crippen MR) is 278 cm³/mol. The lowest BCUT2D eigenvalue weighted by atomic mass is 9.42. The second-order valence-electron chi connectivity index (χ2n) is 23.9. The minimum absolute atomic E-state index is 0.00562. The maximum atomic E-state index is 13.6. The molecule has 4 aliphatic carbocycles. The average Bonchev–Trinajstić information content (AvgIpc) is 2.85. The second kappa shape index (κ2) is 23.6. The normalized spacial score (nSPS) is 49.1. The number of hydrogen-bond acceptors (Lipinski definition) is 20. The number of aliphatic hydroxyl groups excluding tert-OH is 3. The number of benzene rings is 1. The first-order chi connectivity index (χ1) is 37.0. The summed E-state index contributed by atoms with van der Waals surface area (Å²) in [6.07, 6.45) is -5.94. The molecule has 7 fully saturated rings. The van der Waals surface area contributed by atoms with Crippen molar-refractivity contribution in [1.29, 1.82) is 0 Å². The van der Waals surface area contributed by atoms with Crippen molar-refractivity contribution in [3.8, 4) is 0 Å². The van der Waals surface area contributed by atoms with Crippen molar-refractivity contribution in [1.82, 2.24) is 0 Å². The Bertz CT molecular complexity index is 2250. The Labute approximate surface area is 458 Å². The van der Waals surface area contributed by atoms with E-state index >= 15 is 0 Å². The van der Waals surface area contributed by atoms with Crippen LogP contribution in [0.15, 0.2) is 48.1 Å². The largest absolute Gasteiger partial charge is 0.458 e. The van der Waals surface area contributed by atoms with Crippen molar-refractivity contribution < 1.29 is 97.0 Å². The summed E-state index contributed by atoms with van der Waals surface area (Å²) in [4.78, 5) is 13.6. The molecule has 9 rings (SSSR count). The van der Waals surface area contributed by atoms with Crippen molar-refractivity contribution in [2.24, 2.45) is 16.7 Å². The molecule has 4 aliphatic heterocycles. The van der Waals surface area contributed by atoms with Gasteiger partial charge in [0.25, 0.3) is 0 Å². The van der Waals surface area contributed by atoms with Crippen LogP contribution in [0.4, 0.5) is 0 Å². The number of methoxy groups -OCH3 is 4. The van der Waals surface area contributed by atoms with Gasteiger partial charge in [0.2, 0.25) is 0 Å². The molecule has 4 heterocycles. The SMILES string of the molecule is CO[C@H]1[C@@H](O)[C@H](O[C@@H]2[C@@H](C)O[C@@H](O[C@H]3[C@@H](OC)C[C@H](O[C@H]4[C@@H](OC)C[C@H](O[C@H]5CC[C@@]6(C)C(=CC[C@]7(O)[C@@H]6CC(OC(=O)/C=C/c6ccccc6)[C@@]6(C)[C@]7(O)CC[C@]6(O)C(C)O)C5)O[C@@H]4C)O[C@@H]3C)C[C@H]2OC)O[C@H](C)[C@H]1O. The van der Waals surface area contributed by atoms with E-state index in [4.69, 9.17) is 61.6 Å². The average molecular weight is 1110 g/mol. The number of esters is 1. The molecule has 4 saturated heterocycles. The molecule has 1 aromatic rings. The third kappa shape index (κ3) is 10.6. The Hall–Kier alpha value is -2.55. The molecule has 0 spiro atoms. The summed E-state index contributed by atoms with van der Waals surface area (Å²) >= 11 is 0. The lowest BCUT2D eigenvalue weighted by Gasteiger charge is -2.67. The minimum atomic E-state index is -1.92. The van der Waals surface area contributed by atoms with Crippen molar-refractivity contribution in [3.05, 3.63) is 53.6 Å². The standard InChI is InChI=1S/C58H88O20/c1-30-47(61)52(69-11)48(62)53(73-30)78-51-33(4)72-46(28-40(51)68-10)77-50-32(3)71-45(27-39(50)67-9)76-49-31(2)70-44(26-38(49)66-8)74-37-20-21-54(6)36(25-37)19-22-57(64)41(54)29-42(75-43(60)18-17-35-15-13-12-14-16-35)55(7)56(63,34(5)59)23-24-58(55,57)65/h12-19,30-34,37-42,44-53,59,61-65H,20-29H2,1-11H3/b18-17+/t30-,31-,32-,33-,34?,37+,38+,39+,40-,41-,42?,44+,45+,46+,47-,48-,49-,50-,51-,52-,53+,54+,55-,56+,57+,58-/m1/s1. The van der Waals surface area contributed by atoms with Crippen LogP contribution in [0.2, 0.25) is 0 Å². The van der Waals surface area contributed by atoms with Crippen LogP contribution in [0, 0.1) is 16.7 Å². The number of carbonyl (C=O) groups is 1. The Morgan fingerprint density at radius 2 is 1.23 bits per heavy atom. The van der Waals surface area contributed by atoms with Gasteiger partial charge in [-0.2, -0.15) is 0 Å². The van der Waals surface area contributed by atoms with Gasteiger partial charge in [-0.1, -0.05) is 55.8 Å². The molecule has 0 aromatic heterocycles. The van der Waals surface area contributed by atoms with Gasteiger partial charge in [0.1, 0.15) is 59.5 Å². The molecule has 1 aromatic carbocycles. The first kappa shape index (κ1) is 60.1. The molecular formula is C58H88O20. The van der Waals surface area contributed by atoms with Crippen LogP contribution in [0.25, 0.3) is 6.08 Å². The highest BCUT2D eigenvalue weighted by Gasteiger charge is 2.81. The molecule has 20 heteroatoms. The molecule has 6 N–H and O–H groups in total. The molecule has 26 atom stereocenters. The first-order valence-electron chi connectivity index (χ1n) is 28.2. The van der Waals surface area contributed by atoms with Gasteiger partial charge in [-0.25, -0.2) is 4.79 Å². The van der Waals surface area contributed by atoms with Gasteiger partial charge in [0.05, 0.1) is 60.4 Å². The summed E-state index contributed by atoms with van der Waals surface area (Å²) in [5.74, 6) is -1.21. The predicted octanol–water partition coefficient (Wildman–Crippen LogP) is 4.00. The minimum Gasteiger partial charge on any atom is -0.458 e. The molecule has 2 unspecified atom stereocenters. The number of fused-ring (bicyclic) bond motifs is 5. The quantitative estimate of drug-likeness (QED) is 0.0777. The van der Waals surface area contributed by atoms with Crippen molar-refractivity contribution in [2.75, 3.05) is 28.4 Å². The molecule has 440 valence electrons. The number of ether oxygens (including phenoxy) is 13. The Morgan fingerprint density at radius 3 is 1.77 bits per heavy atom. The van der Waals surface area contributed by atoms with Gasteiger partial charge >= 0.3 is 5.97 Å². The summed E-state index contributed by atoms with van der Waals surface area (Å²) in [5.41, 5.74) is -5.84. The van der Waals surface area contributed by atoms with Gasteiger partial charge in [-0.05, 0) is 96.6 Å². The molecule has 78 heavy (non-hydrogen) atoms. The van der Waals surface area contributed by atoms with Crippen LogP contribution >= 0.6 is 0 Å². The van der Waals surface area contributed by atoms with E-state index in [-0.39, 0.29) is 31.8 Å². The van der Waals surface area contributed by atoms with Crippen LogP contribution in [-0.2, 0) is 66.4 Å². The van der Waals surface area contributed by atoms with Crippen molar-refractivity contribution in [2.45, 2.75) is 252 Å². The van der Waals surface area contributed by atoms with Gasteiger partial charge in [-0.15, -0.1) is 0 Å². The molecule has 0 amide bonds. The van der Waals surface area contributed by atoms with E-state index in [1.807, 2.05) is 57.2 Å². The fourth-order valence-corrected chi connectivity index (χ4v) is 15.2. The third-order valence-electron chi connectivity index (χ3n) is 19.8. The molecule has 8 aliphatic rings. The zero-order valence-corrected chi connectivity index (χ0v) is 47.2. The van der Waals surface area contributed by atoms with Gasteiger partial charge in [0.15, 0.2) is 25.2 Å². The first-order valence-corrected chi connectivity index (χ1v) is 28.2. The monoisotopic (exact) mass is 1100 g/mol. The Morgan fingerprint density at radius 1 is 0.679 bits per heavy atom. The molecule has 20 nitrogen and oxygen atoms in total. The van der Waals surface area contributed by atoms with Gasteiger partial charge < -0.3 is 92.2 Å². The number of rotatable bonds is 16.